The van der Waals surface area contributed by atoms with Crippen LogP contribution >= 0.6 is 0 Å². The van der Waals surface area contributed by atoms with Crippen LogP contribution in [0.15, 0.2) is 0 Å². The van der Waals surface area contributed by atoms with Crippen LogP contribution in [0.4, 0.5) is 4.79 Å². The number of rotatable bonds is 0. The molecule has 0 aromatic carbocycles. The summed E-state index contributed by atoms with van der Waals surface area (Å²) < 4.78 is 10.9. The summed E-state index contributed by atoms with van der Waals surface area (Å²) in [5.41, 5.74) is -1.32. The molecule has 0 aromatic rings. The van der Waals surface area contributed by atoms with Crippen LogP contribution in [0, 0.1) is 11.8 Å². The molecule has 5 nitrogen and oxygen atoms in total. The second kappa shape index (κ2) is 5.17. The Balaban J connectivity index is 2.88. The standard InChI is InChI=1S/C13H21NO4/c1-12(2,3)18-11(16)14-10(7-6-8-15)9-17-13(14,4)5/h10,15H,8-9H2,1-5H3. The highest BCUT2D eigenvalue weighted by Crippen LogP contribution is 2.28. The largest absolute Gasteiger partial charge is 0.444 e. The monoisotopic (exact) mass is 255 g/mol. The minimum atomic E-state index is -0.753. The van der Waals surface area contributed by atoms with Gasteiger partial charge in [0.2, 0.25) is 0 Å². The van der Waals surface area contributed by atoms with Crippen molar-refractivity contribution in [2.45, 2.75) is 52.0 Å². The lowest BCUT2D eigenvalue weighted by molar-refractivity contribution is -0.0608. The van der Waals surface area contributed by atoms with E-state index in [1.165, 1.54) is 4.90 Å². The van der Waals surface area contributed by atoms with E-state index in [4.69, 9.17) is 14.6 Å². The molecule has 1 aliphatic heterocycles. The zero-order valence-corrected chi connectivity index (χ0v) is 11.6. The van der Waals surface area contributed by atoms with Crippen LogP contribution in [0.5, 0.6) is 0 Å². The van der Waals surface area contributed by atoms with Gasteiger partial charge in [-0.1, -0.05) is 11.8 Å². The van der Waals surface area contributed by atoms with Gasteiger partial charge in [-0.25, -0.2) is 4.79 Å². The van der Waals surface area contributed by atoms with Crippen molar-refractivity contribution < 1.29 is 19.4 Å². The topological polar surface area (TPSA) is 59.0 Å². The van der Waals surface area contributed by atoms with E-state index in [1.54, 1.807) is 13.8 Å². The normalized spacial score (nSPS) is 22.3. The number of amides is 1. The minimum absolute atomic E-state index is 0.237. The third kappa shape index (κ3) is 3.62. The Morgan fingerprint density at radius 1 is 1.56 bits per heavy atom. The second-order valence-corrected chi connectivity index (χ2v) is 5.60. The van der Waals surface area contributed by atoms with E-state index in [0.29, 0.717) is 6.61 Å². The van der Waals surface area contributed by atoms with Crippen LogP contribution < -0.4 is 0 Å². The summed E-state index contributed by atoms with van der Waals surface area (Å²) in [6.45, 7) is 9.09. The number of ether oxygens (including phenoxy) is 2. The lowest BCUT2D eigenvalue weighted by atomic mass is 10.2. The van der Waals surface area contributed by atoms with Gasteiger partial charge in [-0.2, -0.15) is 0 Å². The Hall–Kier alpha value is -1.25. The van der Waals surface area contributed by atoms with E-state index >= 15 is 0 Å². The van der Waals surface area contributed by atoms with Crippen LogP contribution in [0.25, 0.3) is 0 Å². The van der Waals surface area contributed by atoms with E-state index in [1.807, 2.05) is 20.8 Å². The fraction of sp³-hybridized carbons (Fsp3) is 0.769. The van der Waals surface area contributed by atoms with Gasteiger partial charge in [-0.05, 0) is 34.6 Å². The number of carbonyl (C=O) groups excluding carboxylic acids is 1. The third-order valence-electron chi connectivity index (χ3n) is 2.42. The van der Waals surface area contributed by atoms with Crippen molar-refractivity contribution in [1.82, 2.24) is 4.90 Å². The SMILES string of the molecule is CC(C)(C)OC(=O)N1C(C#CCO)COC1(C)C. The quantitative estimate of drug-likeness (QED) is 0.664. The minimum Gasteiger partial charge on any atom is -0.444 e. The first-order chi connectivity index (χ1) is 8.17. The summed E-state index contributed by atoms with van der Waals surface area (Å²) in [7, 11) is 0. The molecule has 1 saturated heterocycles. The summed E-state index contributed by atoms with van der Waals surface area (Å²) in [6, 6.07) is -0.387. The molecule has 0 radical (unpaired) electrons. The molecular weight excluding hydrogens is 234 g/mol. The summed E-state index contributed by atoms with van der Waals surface area (Å²) in [6.07, 6.45) is -0.456. The summed E-state index contributed by atoms with van der Waals surface area (Å²) >= 11 is 0. The maximum atomic E-state index is 12.1. The van der Waals surface area contributed by atoms with Gasteiger partial charge in [0.1, 0.15) is 24.0 Å². The van der Waals surface area contributed by atoms with E-state index in [2.05, 4.69) is 11.8 Å². The first kappa shape index (κ1) is 14.8. The molecule has 0 spiro atoms. The number of aliphatic hydroxyl groups excluding tert-OH is 1. The van der Waals surface area contributed by atoms with Crippen LogP contribution in [0.1, 0.15) is 34.6 Å². The van der Waals surface area contributed by atoms with Crippen molar-refractivity contribution in [3.8, 4) is 11.8 Å². The lowest BCUT2D eigenvalue weighted by Crippen LogP contribution is -2.49. The molecule has 102 valence electrons. The molecule has 1 amide bonds. The maximum absolute atomic E-state index is 12.1. The molecule has 5 heteroatoms. The number of nitrogens with zero attached hydrogens (tertiary/aromatic N) is 1. The molecule has 1 atom stereocenters. The molecule has 0 aliphatic carbocycles. The Labute approximate surface area is 108 Å². The molecule has 1 unspecified atom stereocenters. The maximum Gasteiger partial charge on any atom is 0.413 e. The van der Waals surface area contributed by atoms with Crippen molar-refractivity contribution in [1.29, 1.82) is 0 Å². The van der Waals surface area contributed by atoms with Gasteiger partial charge in [0.25, 0.3) is 0 Å². The van der Waals surface area contributed by atoms with Crippen LogP contribution in [-0.4, -0.2) is 46.7 Å². The second-order valence-electron chi connectivity index (χ2n) is 5.60. The number of hydrogen-bond donors (Lipinski definition) is 1. The molecule has 0 saturated carbocycles. The predicted molar refractivity (Wildman–Crippen MR) is 66.8 cm³/mol. The third-order valence-corrected chi connectivity index (χ3v) is 2.42. The van der Waals surface area contributed by atoms with Gasteiger partial charge in [0.15, 0.2) is 0 Å². The Morgan fingerprint density at radius 2 is 2.17 bits per heavy atom. The van der Waals surface area contributed by atoms with Gasteiger partial charge in [-0.3, -0.25) is 4.90 Å². The fourth-order valence-electron chi connectivity index (χ4n) is 1.73. The van der Waals surface area contributed by atoms with E-state index in [-0.39, 0.29) is 12.6 Å². The van der Waals surface area contributed by atoms with Crippen LogP contribution in [0.3, 0.4) is 0 Å². The predicted octanol–water partition coefficient (Wildman–Crippen LogP) is 1.35. The smallest absolute Gasteiger partial charge is 0.413 e. The lowest BCUT2D eigenvalue weighted by Gasteiger charge is -2.33. The van der Waals surface area contributed by atoms with Crippen molar-refractivity contribution in [3.05, 3.63) is 0 Å². The highest BCUT2D eigenvalue weighted by molar-refractivity contribution is 5.70. The summed E-state index contributed by atoms with van der Waals surface area (Å²) in [5.74, 6) is 5.36. The molecular formula is C13H21NO4. The van der Waals surface area contributed by atoms with Gasteiger partial charge in [0, 0.05) is 0 Å². The first-order valence-electron chi connectivity index (χ1n) is 5.93. The van der Waals surface area contributed by atoms with E-state index in [9.17, 15) is 4.79 Å². The average Bonchev–Trinajstić information content (AvgIpc) is 2.48. The van der Waals surface area contributed by atoms with Gasteiger partial charge in [0.05, 0.1) is 6.61 Å². The molecule has 0 aromatic heterocycles. The number of aliphatic hydroxyl groups is 1. The Bertz CT molecular complexity index is 373. The van der Waals surface area contributed by atoms with Crippen LogP contribution in [0.2, 0.25) is 0 Å². The Morgan fingerprint density at radius 3 is 2.67 bits per heavy atom. The zero-order chi connectivity index (χ0) is 14.0. The van der Waals surface area contributed by atoms with Crippen molar-refractivity contribution in [2.75, 3.05) is 13.2 Å². The average molecular weight is 255 g/mol. The van der Waals surface area contributed by atoms with Crippen molar-refractivity contribution >= 4 is 6.09 Å². The van der Waals surface area contributed by atoms with Crippen molar-refractivity contribution in [3.63, 3.8) is 0 Å². The van der Waals surface area contributed by atoms with E-state index < -0.39 is 17.4 Å². The molecule has 0 bridgehead atoms. The molecule has 1 rings (SSSR count). The zero-order valence-electron chi connectivity index (χ0n) is 11.6. The molecule has 18 heavy (non-hydrogen) atoms. The highest BCUT2D eigenvalue weighted by atomic mass is 16.6. The Kier molecular flexibility index (Phi) is 4.25. The van der Waals surface area contributed by atoms with Gasteiger partial charge < -0.3 is 14.6 Å². The van der Waals surface area contributed by atoms with Gasteiger partial charge >= 0.3 is 6.09 Å². The molecule has 1 fully saturated rings. The van der Waals surface area contributed by atoms with Crippen molar-refractivity contribution in [2.24, 2.45) is 0 Å². The number of hydrogen-bond acceptors (Lipinski definition) is 4. The molecule has 1 aliphatic rings. The summed E-state index contributed by atoms with van der Waals surface area (Å²) in [4.78, 5) is 13.6. The first-order valence-corrected chi connectivity index (χ1v) is 5.93. The molecule has 1 N–H and O–H groups in total. The summed E-state index contributed by atoms with van der Waals surface area (Å²) in [5, 5.41) is 8.72. The number of carbonyl (C=O) groups is 1. The molecule has 1 heterocycles. The van der Waals surface area contributed by atoms with E-state index in [0.717, 1.165) is 0 Å². The highest BCUT2D eigenvalue weighted by Gasteiger charge is 2.45. The van der Waals surface area contributed by atoms with Crippen LogP contribution in [-0.2, 0) is 9.47 Å². The fourth-order valence-corrected chi connectivity index (χ4v) is 1.73. The van der Waals surface area contributed by atoms with Gasteiger partial charge in [-0.15, -0.1) is 0 Å².